The van der Waals surface area contributed by atoms with Crippen LogP contribution in [0.5, 0.6) is 5.88 Å². The maximum absolute atomic E-state index is 14.8. The van der Waals surface area contributed by atoms with Gasteiger partial charge in [-0.15, -0.1) is 0 Å². The van der Waals surface area contributed by atoms with E-state index >= 15 is 0 Å². The monoisotopic (exact) mass is 651 g/mol. The number of nitrogens with one attached hydrogen (secondary N) is 1. The van der Waals surface area contributed by atoms with Gasteiger partial charge in [0.1, 0.15) is 11.9 Å². The lowest BCUT2D eigenvalue weighted by molar-refractivity contribution is -0.198. The van der Waals surface area contributed by atoms with E-state index in [0.29, 0.717) is 61.5 Å². The van der Waals surface area contributed by atoms with Gasteiger partial charge < -0.3 is 30.9 Å². The first-order valence-corrected chi connectivity index (χ1v) is 14.9. The van der Waals surface area contributed by atoms with Crippen LogP contribution in [0.25, 0.3) is 16.8 Å². The maximum atomic E-state index is 14.8. The number of aromatic carboxylic acids is 1. The first kappa shape index (κ1) is 31.8. The largest absolute Gasteiger partial charge is 0.480 e. The van der Waals surface area contributed by atoms with Gasteiger partial charge in [0.15, 0.2) is 0 Å². The Bertz CT molecular complexity index is 1800. The van der Waals surface area contributed by atoms with Crippen LogP contribution in [-0.2, 0) is 4.79 Å². The molecular weight excluding hydrogens is 619 g/mol. The molecule has 0 saturated carbocycles. The molecule has 12 nitrogen and oxygen atoms in total. The van der Waals surface area contributed by atoms with E-state index in [0.717, 1.165) is 0 Å². The molecule has 6 rings (SSSR count). The van der Waals surface area contributed by atoms with Gasteiger partial charge in [-0.3, -0.25) is 4.79 Å². The molecule has 2 aliphatic rings. The van der Waals surface area contributed by atoms with Crippen molar-refractivity contribution in [3.05, 3.63) is 77.6 Å². The summed E-state index contributed by atoms with van der Waals surface area (Å²) in [6.07, 6.45) is -3.94. The Hall–Kier alpha value is -5.18. The normalized spacial score (nSPS) is 18.3. The summed E-state index contributed by atoms with van der Waals surface area (Å²) in [5.41, 5.74) is 7.45. The number of nitrogens with zero attached hydrogens (tertiary/aromatic N) is 5. The lowest BCUT2D eigenvalue weighted by atomic mass is 9.76. The number of ether oxygens (including phenoxy) is 1. The maximum Gasteiger partial charge on any atom is 0.429 e. The van der Waals surface area contributed by atoms with E-state index in [-0.39, 0.29) is 34.1 Å². The van der Waals surface area contributed by atoms with Crippen LogP contribution in [0.1, 0.15) is 47.0 Å². The molecule has 0 amide bonds. The molecule has 47 heavy (non-hydrogen) atoms. The summed E-state index contributed by atoms with van der Waals surface area (Å²) in [5, 5.41) is 26.0. The van der Waals surface area contributed by atoms with Gasteiger partial charge in [-0.05, 0) is 67.0 Å². The lowest BCUT2D eigenvalue weighted by Crippen LogP contribution is -2.41. The van der Waals surface area contributed by atoms with Crippen LogP contribution >= 0.6 is 0 Å². The highest BCUT2D eigenvalue weighted by molar-refractivity contribution is 5.88. The number of benzene rings is 2. The third-order valence-corrected chi connectivity index (χ3v) is 8.80. The Balaban J connectivity index is 1.30. The van der Waals surface area contributed by atoms with Crippen molar-refractivity contribution in [2.45, 2.75) is 44.5 Å². The van der Waals surface area contributed by atoms with Crippen molar-refractivity contribution >= 4 is 23.7 Å². The van der Waals surface area contributed by atoms with Crippen molar-refractivity contribution in [1.29, 1.82) is 0 Å². The summed E-state index contributed by atoms with van der Waals surface area (Å²) >= 11 is 0. The van der Waals surface area contributed by atoms with Crippen molar-refractivity contribution in [1.82, 2.24) is 25.1 Å². The molecule has 246 valence electrons. The zero-order chi connectivity index (χ0) is 33.5. The standard InChI is InChI=1S/C32H32F3N7O5/c1-18-8-11-42(40-18)24-14-21(19-2-4-20(5-3-19)28(43)44)6-7-22(24)27(32(33,34)35)47-26-15-25(38-30(36)39-26)41-12-9-31(10-13-41)16-23(29(45)46)37-17-31/h2-8,11,14-15,23,27,37H,9-10,12-13,16-17H2,1H3,(H,43,44)(H,45,46)(H2,36,38,39)/t23?,27-/m1/s1. The second-order valence-electron chi connectivity index (χ2n) is 12.0. The number of halogens is 3. The average molecular weight is 652 g/mol. The molecule has 1 spiro atoms. The summed E-state index contributed by atoms with van der Waals surface area (Å²) in [5.74, 6) is -2.28. The number of piperidine rings is 1. The van der Waals surface area contributed by atoms with E-state index in [4.69, 9.17) is 10.5 Å². The summed E-state index contributed by atoms with van der Waals surface area (Å²) in [4.78, 5) is 32.9. The highest BCUT2D eigenvalue weighted by atomic mass is 19.4. The molecule has 4 heterocycles. The van der Waals surface area contributed by atoms with Gasteiger partial charge in [-0.1, -0.05) is 24.3 Å². The molecule has 1 unspecified atom stereocenters. The highest BCUT2D eigenvalue weighted by Crippen LogP contribution is 2.42. The molecule has 2 aromatic heterocycles. The van der Waals surface area contributed by atoms with Crippen LogP contribution in [-0.4, -0.2) is 73.8 Å². The van der Waals surface area contributed by atoms with Crippen molar-refractivity contribution in [2.75, 3.05) is 30.3 Å². The first-order chi connectivity index (χ1) is 22.3. The second-order valence-corrected chi connectivity index (χ2v) is 12.0. The molecule has 0 radical (unpaired) electrons. The van der Waals surface area contributed by atoms with Gasteiger partial charge in [0.2, 0.25) is 17.9 Å². The Labute approximate surface area is 267 Å². The number of carbonyl (C=O) groups is 2. The Morgan fingerprint density at radius 1 is 1.04 bits per heavy atom. The van der Waals surface area contributed by atoms with Crippen molar-refractivity contribution in [2.24, 2.45) is 5.41 Å². The Morgan fingerprint density at radius 3 is 2.34 bits per heavy atom. The fourth-order valence-corrected chi connectivity index (χ4v) is 6.26. The highest BCUT2D eigenvalue weighted by Gasteiger charge is 2.46. The zero-order valence-corrected chi connectivity index (χ0v) is 25.2. The van der Waals surface area contributed by atoms with Crippen LogP contribution in [0.15, 0.2) is 60.8 Å². The minimum atomic E-state index is -4.88. The van der Waals surface area contributed by atoms with Gasteiger partial charge in [-0.25, -0.2) is 9.48 Å². The van der Waals surface area contributed by atoms with Gasteiger partial charge in [0.05, 0.1) is 16.9 Å². The first-order valence-electron chi connectivity index (χ1n) is 14.9. The smallest absolute Gasteiger partial charge is 0.429 e. The number of carboxylic acid groups (broad SMARTS) is 2. The third kappa shape index (κ3) is 6.70. The number of aromatic nitrogens is 4. The van der Waals surface area contributed by atoms with Crippen molar-refractivity contribution in [3.8, 4) is 22.7 Å². The number of anilines is 2. The summed E-state index contributed by atoms with van der Waals surface area (Å²) in [6.45, 7) is 3.30. The van der Waals surface area contributed by atoms with Gasteiger partial charge >= 0.3 is 18.1 Å². The molecular formula is C32H32F3N7O5. The third-order valence-electron chi connectivity index (χ3n) is 8.80. The van der Waals surface area contributed by atoms with E-state index in [1.807, 2.05) is 4.90 Å². The molecule has 15 heteroatoms. The topological polar surface area (TPSA) is 169 Å². The predicted octanol–water partition coefficient (Wildman–Crippen LogP) is 4.63. The minimum Gasteiger partial charge on any atom is -0.480 e. The summed E-state index contributed by atoms with van der Waals surface area (Å²) in [6, 6.07) is 12.7. The van der Waals surface area contributed by atoms with Crippen LogP contribution in [0.4, 0.5) is 24.9 Å². The second kappa shape index (κ2) is 12.2. The number of hydrogen-bond acceptors (Lipinski definition) is 9. The number of alkyl halides is 3. The van der Waals surface area contributed by atoms with Gasteiger partial charge in [0.25, 0.3) is 0 Å². The number of nitrogens with two attached hydrogens (primary N) is 1. The van der Waals surface area contributed by atoms with Gasteiger partial charge in [-0.2, -0.15) is 28.2 Å². The van der Waals surface area contributed by atoms with E-state index in [1.54, 1.807) is 31.3 Å². The van der Waals surface area contributed by atoms with E-state index in [1.165, 1.54) is 41.1 Å². The summed E-state index contributed by atoms with van der Waals surface area (Å²) < 4.78 is 51.4. The predicted molar refractivity (Wildman–Crippen MR) is 164 cm³/mol. The van der Waals surface area contributed by atoms with Crippen LogP contribution in [0.3, 0.4) is 0 Å². The number of hydrogen-bond donors (Lipinski definition) is 4. The molecule has 0 bridgehead atoms. The molecule has 2 fully saturated rings. The number of carboxylic acids is 2. The van der Waals surface area contributed by atoms with Gasteiger partial charge in [0, 0.05) is 37.5 Å². The molecule has 2 aliphatic heterocycles. The number of nitrogen functional groups attached to an aromatic ring is 1. The fraction of sp³-hybridized carbons (Fsp3) is 0.344. The molecule has 0 aliphatic carbocycles. The van der Waals surface area contributed by atoms with E-state index in [2.05, 4.69) is 20.4 Å². The molecule has 2 saturated heterocycles. The number of rotatable bonds is 8. The number of aryl methyl sites for hydroxylation is 1. The summed E-state index contributed by atoms with van der Waals surface area (Å²) in [7, 11) is 0. The van der Waals surface area contributed by atoms with E-state index in [9.17, 15) is 33.0 Å². The minimum absolute atomic E-state index is 0.0775. The van der Waals surface area contributed by atoms with Crippen molar-refractivity contribution in [3.63, 3.8) is 0 Å². The molecule has 4 aromatic rings. The lowest BCUT2D eigenvalue weighted by Gasteiger charge is -2.39. The SMILES string of the molecule is Cc1ccn(-c2cc(-c3ccc(C(=O)O)cc3)ccc2[C@@H](Oc2cc(N3CCC4(CC3)CNC(C(=O)O)C4)nc(N)n2)C(F)(F)F)n1. The Morgan fingerprint density at radius 2 is 1.74 bits per heavy atom. The van der Waals surface area contributed by atoms with Crippen LogP contribution in [0, 0.1) is 12.3 Å². The van der Waals surface area contributed by atoms with E-state index < -0.39 is 30.3 Å². The van der Waals surface area contributed by atoms with Crippen molar-refractivity contribution < 1.29 is 37.7 Å². The average Bonchev–Trinajstić information content (AvgIpc) is 3.66. The quantitative estimate of drug-likeness (QED) is 0.210. The van der Waals surface area contributed by atoms with Crippen LogP contribution < -0.4 is 20.7 Å². The molecule has 2 atom stereocenters. The molecule has 5 N–H and O–H groups in total. The fourth-order valence-electron chi connectivity index (χ4n) is 6.26. The van der Waals surface area contributed by atoms with Crippen LogP contribution in [0.2, 0.25) is 0 Å². The Kier molecular flexibility index (Phi) is 8.26. The molecule has 2 aromatic carbocycles. The number of aliphatic carboxylic acids is 1. The zero-order valence-electron chi connectivity index (χ0n) is 25.2.